The Bertz CT molecular complexity index is 701. The van der Waals surface area contributed by atoms with E-state index < -0.39 is 0 Å². The van der Waals surface area contributed by atoms with E-state index in [0.717, 1.165) is 38.5 Å². The fourth-order valence-electron chi connectivity index (χ4n) is 6.28. The van der Waals surface area contributed by atoms with E-state index >= 15 is 0 Å². The van der Waals surface area contributed by atoms with Crippen molar-refractivity contribution >= 4 is 11.9 Å². The van der Waals surface area contributed by atoms with Crippen molar-refractivity contribution < 1.29 is 24.2 Å². The van der Waals surface area contributed by atoms with Gasteiger partial charge < -0.3 is 19.9 Å². The van der Waals surface area contributed by atoms with E-state index in [4.69, 9.17) is 14.6 Å². The molecule has 2 aliphatic carbocycles. The minimum Gasteiger partial charge on any atom is -0.460 e. The topological polar surface area (TPSA) is 84.9 Å². The Kier molecular flexibility index (Phi) is 6.54. The molecule has 1 heterocycles. The first kappa shape index (κ1) is 22.0. The minimum atomic E-state index is -0.366. The van der Waals surface area contributed by atoms with E-state index in [0.29, 0.717) is 18.1 Å². The molecule has 6 nitrogen and oxygen atoms in total. The highest BCUT2D eigenvalue weighted by molar-refractivity contribution is 5.93. The van der Waals surface area contributed by atoms with Gasteiger partial charge in [0.1, 0.15) is 13.4 Å². The van der Waals surface area contributed by atoms with Gasteiger partial charge in [-0.3, -0.25) is 4.79 Å². The summed E-state index contributed by atoms with van der Waals surface area (Å²) in [6, 6.07) is -0.366. The lowest BCUT2D eigenvalue weighted by molar-refractivity contribution is -0.135. The van der Waals surface area contributed by atoms with Crippen molar-refractivity contribution in [3.05, 3.63) is 23.8 Å². The van der Waals surface area contributed by atoms with Gasteiger partial charge in [0.25, 0.3) is 0 Å². The van der Waals surface area contributed by atoms with E-state index in [9.17, 15) is 9.59 Å². The van der Waals surface area contributed by atoms with Crippen LogP contribution in [0, 0.1) is 22.7 Å². The molecule has 3 fully saturated rings. The Hall–Kier alpha value is -1.66. The lowest BCUT2D eigenvalue weighted by Crippen LogP contribution is -2.52. The van der Waals surface area contributed by atoms with Gasteiger partial charge >= 0.3 is 5.97 Å². The van der Waals surface area contributed by atoms with Crippen LogP contribution in [0.5, 0.6) is 0 Å². The van der Waals surface area contributed by atoms with Crippen LogP contribution in [0.3, 0.4) is 0 Å². The molecule has 1 unspecified atom stereocenters. The average molecular weight is 406 g/mol. The van der Waals surface area contributed by atoms with Gasteiger partial charge in [-0.15, -0.1) is 0 Å². The number of nitrogens with one attached hydrogen (secondary N) is 1. The molecule has 0 aromatic heterocycles. The second kappa shape index (κ2) is 8.60. The van der Waals surface area contributed by atoms with Gasteiger partial charge in [0.15, 0.2) is 0 Å². The van der Waals surface area contributed by atoms with E-state index in [1.54, 1.807) is 0 Å². The molecule has 0 spiro atoms. The number of carbonyl (C=O) groups is 2. The molecule has 5 atom stereocenters. The maximum atomic E-state index is 12.2. The zero-order valence-corrected chi connectivity index (χ0v) is 18.0. The van der Waals surface area contributed by atoms with Crippen molar-refractivity contribution in [3.63, 3.8) is 0 Å². The van der Waals surface area contributed by atoms with E-state index in [1.165, 1.54) is 12.5 Å². The summed E-state index contributed by atoms with van der Waals surface area (Å²) < 4.78 is 10.6. The van der Waals surface area contributed by atoms with Crippen LogP contribution in [0.2, 0.25) is 0 Å². The summed E-state index contributed by atoms with van der Waals surface area (Å²) in [4.78, 5) is 23.7. The van der Waals surface area contributed by atoms with Crippen LogP contribution in [0.4, 0.5) is 0 Å². The zero-order valence-electron chi connectivity index (χ0n) is 18.0. The molecular formula is C23H35NO5. The highest BCUT2D eigenvalue weighted by Crippen LogP contribution is 2.61. The number of allylic oxidation sites excluding steroid dienone is 2. The molecule has 3 aliphatic rings. The summed E-state index contributed by atoms with van der Waals surface area (Å²) in [6.45, 7) is 11.0. The number of hydrogen-bond acceptors (Lipinski definition) is 5. The number of fused-ring (bicyclic) bond motifs is 1. The lowest BCUT2D eigenvalue weighted by Gasteiger charge is -2.58. The molecule has 0 bridgehead atoms. The van der Waals surface area contributed by atoms with Crippen LogP contribution >= 0.6 is 0 Å². The van der Waals surface area contributed by atoms with E-state index in [1.807, 2.05) is 6.08 Å². The summed E-state index contributed by atoms with van der Waals surface area (Å²) in [6.07, 6.45) is 8.10. The number of carbonyl (C=O) groups excluding carboxylic acids is 2. The van der Waals surface area contributed by atoms with Crippen LogP contribution in [0.25, 0.3) is 0 Å². The lowest BCUT2D eigenvalue weighted by atomic mass is 9.47. The average Bonchev–Trinajstić information content (AvgIpc) is 2.98. The molecule has 0 aromatic rings. The third-order valence-corrected chi connectivity index (χ3v) is 7.61. The van der Waals surface area contributed by atoms with E-state index in [-0.39, 0.29) is 48.1 Å². The Morgan fingerprint density at radius 1 is 1.41 bits per heavy atom. The maximum Gasteiger partial charge on any atom is 0.336 e. The van der Waals surface area contributed by atoms with Crippen molar-refractivity contribution in [1.82, 2.24) is 5.32 Å². The first-order chi connectivity index (χ1) is 13.7. The minimum absolute atomic E-state index is 0.0346. The zero-order chi connectivity index (χ0) is 21.2. The molecule has 29 heavy (non-hydrogen) atoms. The third kappa shape index (κ3) is 4.29. The molecule has 6 heteroatoms. The van der Waals surface area contributed by atoms with Crippen LogP contribution < -0.4 is 5.32 Å². The van der Waals surface area contributed by atoms with Crippen molar-refractivity contribution in [2.75, 3.05) is 20.0 Å². The summed E-state index contributed by atoms with van der Waals surface area (Å²) >= 11 is 0. The van der Waals surface area contributed by atoms with Crippen LogP contribution in [-0.4, -0.2) is 43.0 Å². The predicted octanol–water partition coefficient (Wildman–Crippen LogP) is 3.11. The maximum absolute atomic E-state index is 12.2. The SMILES string of the molecule is C=C1CC[C@@H]2[C@](C)(COCO)CCC[C@@]2(C)[C@@H]1C/C=C1/C(=O)OCC1NC(C)=O. The second-order valence-corrected chi connectivity index (χ2v) is 9.54. The summed E-state index contributed by atoms with van der Waals surface area (Å²) in [5.41, 5.74) is 1.91. The first-order valence-electron chi connectivity index (χ1n) is 10.7. The van der Waals surface area contributed by atoms with Crippen molar-refractivity contribution in [3.8, 4) is 0 Å². The number of aliphatic hydroxyl groups excluding tert-OH is 1. The normalized spacial score (nSPS) is 38.6. The molecule has 2 N–H and O–H groups in total. The summed E-state index contributed by atoms with van der Waals surface area (Å²) in [5.74, 6) is 0.247. The Labute approximate surface area is 173 Å². The summed E-state index contributed by atoms with van der Waals surface area (Å²) in [7, 11) is 0. The van der Waals surface area contributed by atoms with Crippen LogP contribution in [0.1, 0.15) is 59.3 Å². The number of aliphatic hydroxyl groups is 1. The molecule has 3 rings (SSSR count). The smallest absolute Gasteiger partial charge is 0.336 e. The number of ether oxygens (including phenoxy) is 2. The van der Waals surface area contributed by atoms with Crippen LogP contribution in [0.15, 0.2) is 23.8 Å². The highest BCUT2D eigenvalue weighted by Gasteiger charge is 2.54. The van der Waals surface area contributed by atoms with Crippen molar-refractivity contribution in [2.24, 2.45) is 22.7 Å². The first-order valence-corrected chi connectivity index (χ1v) is 10.7. The number of cyclic esters (lactones) is 1. The van der Waals surface area contributed by atoms with Gasteiger partial charge in [-0.2, -0.15) is 0 Å². The Balaban J connectivity index is 1.83. The van der Waals surface area contributed by atoms with Crippen molar-refractivity contribution in [1.29, 1.82) is 0 Å². The van der Waals surface area contributed by atoms with Crippen LogP contribution in [-0.2, 0) is 19.1 Å². The third-order valence-electron chi connectivity index (χ3n) is 7.61. The quantitative estimate of drug-likeness (QED) is 0.307. The number of rotatable bonds is 6. The van der Waals surface area contributed by atoms with Gasteiger partial charge in [-0.1, -0.05) is 38.5 Å². The Morgan fingerprint density at radius 3 is 2.86 bits per heavy atom. The molecule has 0 aromatic carbocycles. The fourth-order valence-corrected chi connectivity index (χ4v) is 6.28. The molecule has 1 saturated heterocycles. The highest BCUT2D eigenvalue weighted by atomic mass is 16.6. The standard InChI is InChI=1S/C23H35NO5/c1-15-6-9-20-22(3,13-28-14-25)10-5-11-23(20,4)18(15)8-7-17-19(24-16(2)26)12-29-21(17)27/h7,18-20,25H,1,5-6,8-14H2,2-4H3,(H,24,26)/b17-7+/t18-,19?,20-,22+,23+/m1/s1. The number of hydrogen-bond donors (Lipinski definition) is 2. The molecule has 162 valence electrons. The number of esters is 1. The number of amides is 1. The predicted molar refractivity (Wildman–Crippen MR) is 110 cm³/mol. The molecule has 1 aliphatic heterocycles. The van der Waals surface area contributed by atoms with Gasteiger partial charge in [-0.25, -0.2) is 4.79 Å². The van der Waals surface area contributed by atoms with Gasteiger partial charge in [0.05, 0.1) is 18.2 Å². The molecule has 0 radical (unpaired) electrons. The molecule has 1 amide bonds. The monoisotopic (exact) mass is 405 g/mol. The van der Waals surface area contributed by atoms with Gasteiger partial charge in [-0.05, 0) is 54.8 Å². The van der Waals surface area contributed by atoms with Gasteiger partial charge in [0.2, 0.25) is 5.91 Å². The largest absolute Gasteiger partial charge is 0.460 e. The van der Waals surface area contributed by atoms with Gasteiger partial charge in [0, 0.05) is 6.92 Å². The Morgan fingerprint density at radius 2 is 2.17 bits per heavy atom. The fraction of sp³-hybridized carbons (Fsp3) is 0.739. The molecular weight excluding hydrogens is 370 g/mol. The molecule has 2 saturated carbocycles. The van der Waals surface area contributed by atoms with E-state index in [2.05, 4.69) is 25.7 Å². The van der Waals surface area contributed by atoms with Crippen molar-refractivity contribution in [2.45, 2.75) is 65.3 Å². The summed E-state index contributed by atoms with van der Waals surface area (Å²) in [5, 5.41) is 12.0. The second-order valence-electron chi connectivity index (χ2n) is 9.54.